The lowest BCUT2D eigenvalue weighted by Gasteiger charge is -2.08. The first-order chi connectivity index (χ1) is 28.1. The summed E-state index contributed by atoms with van der Waals surface area (Å²) in [6.07, 6.45) is 22.0. The molecule has 0 aliphatic carbocycles. The number of pyridine rings is 2. The first kappa shape index (κ1) is 41.0. The predicted molar refractivity (Wildman–Crippen MR) is 238 cm³/mol. The largest absolute Gasteiger partial charge is 0.512 e. The van der Waals surface area contributed by atoms with E-state index in [1.165, 1.54) is 78.0 Å². The minimum absolute atomic E-state index is 0.0575. The fourth-order valence-corrected chi connectivity index (χ4v) is 7.57. The van der Waals surface area contributed by atoms with Crippen molar-refractivity contribution >= 4 is 5.78 Å². The highest BCUT2D eigenvalue weighted by Gasteiger charge is 2.07. The Hall–Kier alpha value is -5.61. The zero-order valence-electron chi connectivity index (χ0n) is 33.5. The van der Waals surface area contributed by atoms with E-state index in [1.807, 2.05) is 48.8 Å². The van der Waals surface area contributed by atoms with Crippen LogP contribution in [0, 0.1) is 0 Å². The van der Waals surface area contributed by atoms with E-state index < -0.39 is 0 Å². The predicted octanol–water partition coefficient (Wildman–Crippen LogP) is 14.4. The summed E-state index contributed by atoms with van der Waals surface area (Å²) >= 11 is 0. The summed E-state index contributed by atoms with van der Waals surface area (Å²) in [5, 5.41) is 10.3. The molecule has 2 aromatic heterocycles. The third-order valence-corrected chi connectivity index (χ3v) is 10.8. The van der Waals surface area contributed by atoms with Crippen molar-refractivity contribution in [3.8, 4) is 44.8 Å². The van der Waals surface area contributed by atoms with Crippen molar-refractivity contribution < 1.29 is 9.90 Å². The van der Waals surface area contributed by atoms with Crippen LogP contribution in [-0.4, -0.2) is 20.9 Å². The number of aryl methyl sites for hydroxylation is 2. The Bertz CT molecular complexity index is 2140. The quantitative estimate of drug-likeness (QED) is 0.0402. The lowest BCUT2D eigenvalue weighted by atomic mass is 9.99. The van der Waals surface area contributed by atoms with Crippen molar-refractivity contribution in [1.29, 1.82) is 0 Å². The van der Waals surface area contributed by atoms with Crippen molar-refractivity contribution in [2.45, 2.75) is 103 Å². The Labute approximate surface area is 340 Å². The van der Waals surface area contributed by atoms with Crippen LogP contribution in [0.4, 0.5) is 0 Å². The molecule has 4 aromatic carbocycles. The van der Waals surface area contributed by atoms with Crippen LogP contribution in [-0.2, 0) is 17.6 Å². The molecule has 0 fully saturated rings. The second-order valence-corrected chi connectivity index (χ2v) is 15.3. The summed E-state index contributed by atoms with van der Waals surface area (Å²) in [6, 6.07) is 47.0. The third-order valence-electron chi connectivity index (χ3n) is 10.8. The van der Waals surface area contributed by atoms with Gasteiger partial charge in [0.2, 0.25) is 0 Å². The molecule has 0 radical (unpaired) electrons. The first-order valence-electron chi connectivity index (χ1n) is 21.2. The Morgan fingerprint density at radius 3 is 1.32 bits per heavy atom. The van der Waals surface area contributed by atoms with Crippen LogP contribution in [0.25, 0.3) is 44.8 Å². The topological polar surface area (TPSA) is 63.1 Å². The fraction of sp³-hybridized carbons (Fsp3) is 0.302. The third kappa shape index (κ3) is 13.8. The molecule has 0 saturated carbocycles. The maximum atomic E-state index is 12.4. The molecule has 0 spiro atoms. The van der Waals surface area contributed by atoms with Gasteiger partial charge in [0.15, 0.2) is 5.78 Å². The number of aliphatic hydroxyl groups is 1. The van der Waals surface area contributed by atoms with Gasteiger partial charge in [0.05, 0.1) is 17.1 Å². The molecule has 4 heteroatoms. The lowest BCUT2D eigenvalue weighted by Crippen LogP contribution is -1.96. The van der Waals surface area contributed by atoms with E-state index in [4.69, 9.17) is 0 Å². The molecule has 0 unspecified atom stereocenters. The summed E-state index contributed by atoms with van der Waals surface area (Å²) in [7, 11) is 0. The molecular weight excluding hydrogens is 697 g/mol. The van der Waals surface area contributed by atoms with E-state index in [9.17, 15) is 9.90 Å². The summed E-state index contributed by atoms with van der Waals surface area (Å²) < 4.78 is 0. The molecule has 4 nitrogen and oxygen atoms in total. The van der Waals surface area contributed by atoms with Gasteiger partial charge in [-0.2, -0.15) is 0 Å². The van der Waals surface area contributed by atoms with Crippen LogP contribution in [0.1, 0.15) is 101 Å². The number of nitrogens with zero attached hydrogens (tertiary/aromatic N) is 2. The normalized spacial score (nSPS) is 11.5. The van der Waals surface area contributed by atoms with Crippen molar-refractivity contribution in [1.82, 2.24) is 9.97 Å². The SMILES string of the molecule is O=C(C=C(O)CCCCCCCCc1cccc(-c2ccnc(-c3ccccc3)c2)c1)CCCCCCCCc1cccc(-c2ccnc(-c3ccccc3)c2)c1. The van der Waals surface area contributed by atoms with Crippen molar-refractivity contribution in [2.75, 3.05) is 0 Å². The summed E-state index contributed by atoms with van der Waals surface area (Å²) in [5.74, 6) is 0.303. The number of aromatic nitrogens is 2. The molecule has 57 heavy (non-hydrogen) atoms. The number of allylic oxidation sites excluding steroid dienone is 2. The number of aliphatic hydroxyl groups excluding tert-OH is 1. The molecule has 0 bridgehead atoms. The maximum Gasteiger partial charge on any atom is 0.159 e. The first-order valence-corrected chi connectivity index (χ1v) is 21.2. The number of rotatable bonds is 23. The molecular formula is C53H58N2O2. The van der Waals surface area contributed by atoms with Crippen LogP contribution in [0.15, 0.2) is 158 Å². The highest BCUT2D eigenvalue weighted by molar-refractivity contribution is 5.89. The second-order valence-electron chi connectivity index (χ2n) is 15.3. The molecule has 0 aliphatic rings. The van der Waals surface area contributed by atoms with E-state index in [0.717, 1.165) is 73.9 Å². The van der Waals surface area contributed by atoms with Gasteiger partial charge in [-0.3, -0.25) is 14.8 Å². The number of ketones is 1. The van der Waals surface area contributed by atoms with Gasteiger partial charge in [-0.25, -0.2) is 0 Å². The molecule has 292 valence electrons. The van der Waals surface area contributed by atoms with E-state index >= 15 is 0 Å². The van der Waals surface area contributed by atoms with Gasteiger partial charge in [-0.1, -0.05) is 161 Å². The summed E-state index contributed by atoms with van der Waals surface area (Å²) in [4.78, 5) is 21.6. The van der Waals surface area contributed by atoms with E-state index in [0.29, 0.717) is 12.8 Å². The monoisotopic (exact) mass is 754 g/mol. The highest BCUT2D eigenvalue weighted by Crippen LogP contribution is 2.27. The zero-order chi connectivity index (χ0) is 39.3. The van der Waals surface area contributed by atoms with Crippen LogP contribution in [0.2, 0.25) is 0 Å². The minimum atomic E-state index is 0.0575. The van der Waals surface area contributed by atoms with Crippen LogP contribution < -0.4 is 0 Å². The number of carbonyl (C=O) groups excluding carboxylic acids is 1. The van der Waals surface area contributed by atoms with Crippen molar-refractivity contribution in [3.05, 3.63) is 169 Å². The molecule has 2 heterocycles. The molecule has 0 atom stereocenters. The number of unbranched alkanes of at least 4 members (excludes halogenated alkanes) is 10. The lowest BCUT2D eigenvalue weighted by molar-refractivity contribution is -0.114. The Morgan fingerprint density at radius 1 is 0.421 bits per heavy atom. The van der Waals surface area contributed by atoms with Crippen molar-refractivity contribution in [3.63, 3.8) is 0 Å². The van der Waals surface area contributed by atoms with Gasteiger partial charge >= 0.3 is 0 Å². The number of carbonyl (C=O) groups is 1. The van der Waals surface area contributed by atoms with Crippen LogP contribution in [0.3, 0.4) is 0 Å². The smallest absolute Gasteiger partial charge is 0.159 e. The van der Waals surface area contributed by atoms with Crippen molar-refractivity contribution in [2.24, 2.45) is 0 Å². The molecule has 0 amide bonds. The van der Waals surface area contributed by atoms with E-state index in [-0.39, 0.29) is 11.5 Å². The average Bonchev–Trinajstić information content (AvgIpc) is 3.26. The molecule has 0 saturated heterocycles. The molecule has 1 N–H and O–H groups in total. The number of benzene rings is 4. The average molecular weight is 755 g/mol. The van der Waals surface area contributed by atoms with Gasteiger partial charge in [0.25, 0.3) is 0 Å². The molecule has 6 aromatic rings. The molecule has 0 aliphatic heterocycles. The van der Waals surface area contributed by atoms with Gasteiger partial charge in [-0.15, -0.1) is 0 Å². The fourth-order valence-electron chi connectivity index (χ4n) is 7.57. The highest BCUT2D eigenvalue weighted by atomic mass is 16.3. The standard InChI is InChI=1S/C53H58N2O2/c56-50(31-17-7-3-1-5-11-21-42-23-19-29-46(37-42)48-33-35-54-52(39-48)44-25-13-9-14-26-44)41-51(57)32-18-8-4-2-6-12-22-43-24-20-30-47(38-43)49-34-36-55-53(40-49)45-27-15-10-16-28-45/h9-10,13-16,19-20,23-30,33-41,56H,1-8,11-12,17-18,21-22,31-32H2. The summed E-state index contributed by atoms with van der Waals surface area (Å²) in [5.41, 5.74) is 11.9. The van der Waals surface area contributed by atoms with E-state index in [2.05, 4.69) is 107 Å². The number of hydrogen-bond acceptors (Lipinski definition) is 4. The molecule has 6 rings (SSSR count). The number of hydrogen-bond donors (Lipinski definition) is 1. The zero-order valence-corrected chi connectivity index (χ0v) is 33.5. The van der Waals surface area contributed by atoms with Gasteiger partial charge in [-0.05, 0) is 96.2 Å². The van der Waals surface area contributed by atoms with Crippen LogP contribution in [0.5, 0.6) is 0 Å². The maximum absolute atomic E-state index is 12.4. The minimum Gasteiger partial charge on any atom is -0.512 e. The van der Waals surface area contributed by atoms with Gasteiger partial charge in [0.1, 0.15) is 0 Å². The summed E-state index contributed by atoms with van der Waals surface area (Å²) in [6.45, 7) is 0. The van der Waals surface area contributed by atoms with Gasteiger partial charge in [0, 0.05) is 42.4 Å². The van der Waals surface area contributed by atoms with Crippen LogP contribution >= 0.6 is 0 Å². The Morgan fingerprint density at radius 2 is 0.825 bits per heavy atom. The Kier molecular flexibility index (Phi) is 16.4. The Balaban J connectivity index is 0.775. The van der Waals surface area contributed by atoms with Gasteiger partial charge < -0.3 is 5.11 Å². The van der Waals surface area contributed by atoms with E-state index in [1.54, 1.807) is 0 Å². The second kappa shape index (κ2) is 22.8.